The summed E-state index contributed by atoms with van der Waals surface area (Å²) in [4.78, 5) is 3.29. The predicted molar refractivity (Wildman–Crippen MR) is 115 cm³/mol. The van der Waals surface area contributed by atoms with Gasteiger partial charge < -0.3 is 15.3 Å². The van der Waals surface area contributed by atoms with E-state index >= 15 is 0 Å². The first-order valence-corrected chi connectivity index (χ1v) is 9.42. The third kappa shape index (κ3) is 2.09. The molecule has 0 spiro atoms. The minimum atomic E-state index is 0.146. The minimum absolute atomic E-state index is 0.146. The van der Waals surface area contributed by atoms with E-state index in [1.165, 1.54) is 0 Å². The molecule has 0 radical (unpaired) electrons. The van der Waals surface area contributed by atoms with Gasteiger partial charge in [0.25, 0.3) is 0 Å². The fraction of sp³-hybridized carbons (Fsp3) is 0. The van der Waals surface area contributed by atoms with Crippen LogP contribution in [0.1, 0.15) is 0 Å². The van der Waals surface area contributed by atoms with Crippen LogP contribution in [0.4, 0.5) is 0 Å². The third-order valence-electron chi connectivity index (χ3n) is 5.62. The highest BCUT2D eigenvalue weighted by atomic mass is 16.5. The lowest BCUT2D eigenvalue weighted by molar-refractivity contribution is 0.200. The summed E-state index contributed by atoms with van der Waals surface area (Å²) in [5, 5.41) is 24.6. The van der Waals surface area contributed by atoms with Crippen LogP contribution in [0.2, 0.25) is 0 Å². The molecule has 3 aromatic carbocycles. The number of hydrogen-bond donors (Lipinski definition) is 3. The number of H-pyrrole nitrogens is 1. The molecule has 0 saturated heterocycles. The van der Waals surface area contributed by atoms with Gasteiger partial charge in [-0.2, -0.15) is 4.73 Å². The first kappa shape index (κ1) is 15.9. The van der Waals surface area contributed by atoms with Crippen LogP contribution in [0, 0.1) is 0 Å². The van der Waals surface area contributed by atoms with Gasteiger partial charge in [0.15, 0.2) is 0 Å². The molecule has 5 nitrogen and oxygen atoms in total. The Balaban J connectivity index is 1.75. The summed E-state index contributed by atoms with van der Waals surface area (Å²) >= 11 is 0. The number of rotatable bonds is 2. The second-order valence-corrected chi connectivity index (χ2v) is 7.18. The average Bonchev–Trinajstić information content (AvgIpc) is 3.40. The molecule has 0 amide bonds. The van der Waals surface area contributed by atoms with Crippen molar-refractivity contribution in [2.24, 2.45) is 0 Å². The molecule has 29 heavy (non-hydrogen) atoms. The van der Waals surface area contributed by atoms with Crippen molar-refractivity contribution in [1.82, 2.24) is 14.3 Å². The van der Waals surface area contributed by atoms with E-state index in [2.05, 4.69) is 4.98 Å². The number of aromatic amines is 1. The molecule has 140 valence electrons. The fourth-order valence-corrected chi connectivity index (χ4v) is 4.34. The summed E-state index contributed by atoms with van der Waals surface area (Å²) < 4.78 is 2.98. The van der Waals surface area contributed by atoms with Gasteiger partial charge in [0, 0.05) is 33.4 Å². The van der Waals surface area contributed by atoms with Gasteiger partial charge in [-0.25, -0.2) is 0 Å². The van der Waals surface area contributed by atoms with Crippen molar-refractivity contribution >= 4 is 32.7 Å². The Morgan fingerprint density at radius 3 is 2.21 bits per heavy atom. The molecule has 5 heteroatoms. The molecule has 0 bridgehead atoms. The summed E-state index contributed by atoms with van der Waals surface area (Å²) in [6, 6.07) is 23.6. The van der Waals surface area contributed by atoms with Crippen molar-refractivity contribution < 1.29 is 10.3 Å². The van der Waals surface area contributed by atoms with Crippen molar-refractivity contribution in [3.63, 3.8) is 0 Å². The maximum absolute atomic E-state index is 11.4. The van der Waals surface area contributed by atoms with Crippen LogP contribution < -0.4 is 0 Å². The molecule has 6 aromatic rings. The molecule has 6 rings (SSSR count). The zero-order chi connectivity index (χ0) is 19.5. The Bertz CT molecular complexity index is 1530. The number of nitrogens with zero attached hydrogens (tertiary/aromatic N) is 2. The van der Waals surface area contributed by atoms with Crippen LogP contribution in [-0.4, -0.2) is 24.6 Å². The van der Waals surface area contributed by atoms with Gasteiger partial charge in [0.05, 0.1) is 28.5 Å². The Hall–Kier alpha value is -4.12. The smallest absolute Gasteiger partial charge is 0.205 e. The highest BCUT2D eigenvalue weighted by Crippen LogP contribution is 2.45. The van der Waals surface area contributed by atoms with E-state index in [9.17, 15) is 10.3 Å². The number of hydrogen-bond acceptors (Lipinski definition) is 2. The lowest BCUT2D eigenvalue weighted by Gasteiger charge is -2.06. The SMILES string of the molecule is Oc1c(-c2cn(O)c3ccccc23)c2ccccc2n1-c1c[nH]c2ccccc12. The molecule has 0 fully saturated rings. The van der Waals surface area contributed by atoms with Crippen molar-refractivity contribution in [3.05, 3.63) is 85.2 Å². The zero-order valence-electron chi connectivity index (χ0n) is 15.4. The van der Waals surface area contributed by atoms with Gasteiger partial charge >= 0.3 is 0 Å². The van der Waals surface area contributed by atoms with E-state index in [0.29, 0.717) is 11.1 Å². The minimum Gasteiger partial charge on any atom is -0.494 e. The van der Waals surface area contributed by atoms with E-state index in [1.54, 1.807) is 6.20 Å². The third-order valence-corrected chi connectivity index (χ3v) is 5.62. The lowest BCUT2D eigenvalue weighted by atomic mass is 10.0. The maximum Gasteiger partial charge on any atom is 0.205 e. The summed E-state index contributed by atoms with van der Waals surface area (Å²) in [5.41, 5.74) is 4.98. The number of benzene rings is 3. The number of nitrogens with one attached hydrogen (secondary N) is 1. The van der Waals surface area contributed by atoms with E-state index in [0.717, 1.165) is 43.2 Å². The second-order valence-electron chi connectivity index (χ2n) is 7.18. The van der Waals surface area contributed by atoms with E-state index < -0.39 is 0 Å². The van der Waals surface area contributed by atoms with Gasteiger partial charge in [-0.05, 0) is 18.2 Å². The van der Waals surface area contributed by atoms with Crippen molar-refractivity contribution in [3.8, 4) is 22.7 Å². The van der Waals surface area contributed by atoms with Crippen LogP contribution in [0.3, 0.4) is 0 Å². The Morgan fingerprint density at radius 2 is 1.38 bits per heavy atom. The molecule has 3 aromatic heterocycles. The normalized spacial score (nSPS) is 11.7. The average molecular weight is 379 g/mol. The number of para-hydroxylation sites is 3. The van der Waals surface area contributed by atoms with Crippen molar-refractivity contribution in [1.29, 1.82) is 0 Å². The molecular formula is C24H17N3O2. The topological polar surface area (TPSA) is 66.1 Å². The molecule has 0 atom stereocenters. The van der Waals surface area contributed by atoms with Gasteiger partial charge in [0.1, 0.15) is 0 Å². The zero-order valence-corrected chi connectivity index (χ0v) is 15.4. The number of aromatic nitrogens is 3. The summed E-state index contributed by atoms with van der Waals surface area (Å²) in [7, 11) is 0. The first-order chi connectivity index (χ1) is 14.2. The first-order valence-electron chi connectivity index (χ1n) is 9.42. The number of aromatic hydroxyl groups is 1. The number of fused-ring (bicyclic) bond motifs is 3. The molecule has 0 aliphatic heterocycles. The van der Waals surface area contributed by atoms with Crippen LogP contribution >= 0.6 is 0 Å². The standard InChI is InChI=1S/C24H17N3O2/c28-24-23(18-14-26(29)20-11-5-2-7-15(18)20)17-9-3-6-12-21(17)27(24)22-13-25-19-10-4-1-8-16(19)22/h1-14,25,28-29H. The molecule has 0 aliphatic carbocycles. The van der Waals surface area contributed by atoms with Crippen LogP contribution in [0.25, 0.3) is 49.5 Å². The Morgan fingerprint density at radius 1 is 0.724 bits per heavy atom. The van der Waals surface area contributed by atoms with Crippen molar-refractivity contribution in [2.45, 2.75) is 0 Å². The van der Waals surface area contributed by atoms with Gasteiger partial charge in [0.2, 0.25) is 5.88 Å². The Kier molecular flexibility index (Phi) is 3.12. The largest absolute Gasteiger partial charge is 0.494 e. The maximum atomic E-state index is 11.4. The lowest BCUT2D eigenvalue weighted by Crippen LogP contribution is -1.91. The van der Waals surface area contributed by atoms with E-state index in [1.807, 2.05) is 83.6 Å². The molecule has 3 heterocycles. The highest BCUT2D eigenvalue weighted by Gasteiger charge is 2.23. The van der Waals surface area contributed by atoms with Crippen LogP contribution in [0.5, 0.6) is 5.88 Å². The molecular weight excluding hydrogens is 362 g/mol. The molecule has 3 N–H and O–H groups in total. The molecule has 0 unspecified atom stereocenters. The van der Waals surface area contributed by atoms with Gasteiger partial charge in [-0.3, -0.25) is 4.57 Å². The van der Waals surface area contributed by atoms with Crippen LogP contribution in [0.15, 0.2) is 85.2 Å². The summed E-state index contributed by atoms with van der Waals surface area (Å²) in [6.45, 7) is 0. The van der Waals surface area contributed by atoms with Gasteiger partial charge in [-0.1, -0.05) is 54.6 Å². The van der Waals surface area contributed by atoms with Crippen LogP contribution in [-0.2, 0) is 0 Å². The fourth-order valence-electron chi connectivity index (χ4n) is 4.34. The highest BCUT2D eigenvalue weighted by molar-refractivity contribution is 6.09. The molecule has 0 saturated carbocycles. The summed E-state index contributed by atoms with van der Waals surface area (Å²) in [6.07, 6.45) is 3.57. The van der Waals surface area contributed by atoms with E-state index in [4.69, 9.17) is 0 Å². The van der Waals surface area contributed by atoms with E-state index in [-0.39, 0.29) is 5.88 Å². The molecule has 0 aliphatic rings. The quantitative estimate of drug-likeness (QED) is 0.339. The van der Waals surface area contributed by atoms with Gasteiger partial charge in [-0.15, -0.1) is 0 Å². The summed E-state index contributed by atoms with van der Waals surface area (Å²) in [5.74, 6) is 0.146. The Labute approximate surface area is 165 Å². The van der Waals surface area contributed by atoms with Crippen molar-refractivity contribution in [2.75, 3.05) is 0 Å². The predicted octanol–water partition coefficient (Wildman–Crippen LogP) is 5.68. The monoisotopic (exact) mass is 379 g/mol. The second kappa shape index (κ2) is 5.69.